The predicted molar refractivity (Wildman–Crippen MR) is 114 cm³/mol. The van der Waals surface area contributed by atoms with E-state index in [4.69, 9.17) is 0 Å². The molecule has 0 atom stereocenters. The largest absolute Gasteiger partial charge is 0.321 e. The lowest BCUT2D eigenvalue weighted by atomic mass is 10.0. The smallest absolute Gasteiger partial charge is 0.277 e. The van der Waals surface area contributed by atoms with E-state index in [1.165, 1.54) is 11.1 Å². The van der Waals surface area contributed by atoms with Gasteiger partial charge in [-0.15, -0.1) is 5.10 Å². The van der Waals surface area contributed by atoms with E-state index in [1.54, 1.807) is 6.20 Å². The van der Waals surface area contributed by atoms with Gasteiger partial charge in [-0.2, -0.15) is 0 Å². The number of nitrogens with zero attached hydrogens (tertiary/aromatic N) is 3. The monoisotopic (exact) mass is 389 g/mol. The Labute approximate surface area is 171 Å². The Morgan fingerprint density at radius 3 is 2.41 bits per heavy atom. The molecule has 1 saturated heterocycles. The number of aromatic nitrogens is 3. The number of hydrogen-bond acceptors (Lipinski definition) is 4. The fraction of sp³-hybridized carbons (Fsp3) is 0.348. The highest BCUT2D eigenvalue weighted by Crippen LogP contribution is 2.18. The van der Waals surface area contributed by atoms with Crippen molar-refractivity contribution in [3.63, 3.8) is 0 Å². The Morgan fingerprint density at radius 1 is 1.00 bits per heavy atom. The zero-order valence-electron chi connectivity index (χ0n) is 16.6. The number of amides is 1. The minimum Gasteiger partial charge on any atom is -0.321 e. The number of carbonyl (C=O) groups is 1. The molecule has 1 aromatic heterocycles. The number of benzene rings is 2. The van der Waals surface area contributed by atoms with Gasteiger partial charge in [0.25, 0.3) is 5.91 Å². The summed E-state index contributed by atoms with van der Waals surface area (Å²) in [7, 11) is 0. The van der Waals surface area contributed by atoms with E-state index in [2.05, 4.69) is 57.3 Å². The second-order valence-corrected chi connectivity index (χ2v) is 7.56. The average molecular weight is 390 g/mol. The van der Waals surface area contributed by atoms with Crippen molar-refractivity contribution in [1.29, 1.82) is 0 Å². The first-order valence-corrected chi connectivity index (χ1v) is 10.3. The van der Waals surface area contributed by atoms with E-state index in [0.29, 0.717) is 11.7 Å². The van der Waals surface area contributed by atoms with Crippen molar-refractivity contribution in [2.75, 3.05) is 18.4 Å². The molecule has 1 aliphatic heterocycles. The second-order valence-electron chi connectivity index (χ2n) is 7.56. The van der Waals surface area contributed by atoms with Gasteiger partial charge in [0.2, 0.25) is 0 Å². The maximum absolute atomic E-state index is 12.5. The van der Waals surface area contributed by atoms with Crippen LogP contribution in [-0.4, -0.2) is 34.0 Å². The highest BCUT2D eigenvalue weighted by Gasteiger charge is 2.18. The van der Waals surface area contributed by atoms with Crippen LogP contribution in [0.25, 0.3) is 0 Å². The molecule has 1 amide bonds. The topological polar surface area (TPSA) is 71.8 Å². The molecule has 0 radical (unpaired) electrons. The van der Waals surface area contributed by atoms with E-state index in [1.807, 2.05) is 22.9 Å². The van der Waals surface area contributed by atoms with Crippen LogP contribution in [0, 0.1) is 0 Å². The summed E-state index contributed by atoms with van der Waals surface area (Å²) >= 11 is 0. The molecule has 0 saturated carbocycles. The van der Waals surface area contributed by atoms with Gasteiger partial charge >= 0.3 is 0 Å². The summed E-state index contributed by atoms with van der Waals surface area (Å²) in [5.41, 5.74) is 3.78. The first-order chi connectivity index (χ1) is 14.3. The van der Waals surface area contributed by atoms with Crippen LogP contribution in [-0.2, 0) is 12.8 Å². The number of hydrogen-bond donors (Lipinski definition) is 2. The van der Waals surface area contributed by atoms with Crippen LogP contribution in [0.4, 0.5) is 5.69 Å². The number of rotatable bonds is 7. The summed E-state index contributed by atoms with van der Waals surface area (Å²) in [5, 5.41) is 14.5. The van der Waals surface area contributed by atoms with Crippen LogP contribution >= 0.6 is 0 Å². The molecule has 2 aromatic carbocycles. The van der Waals surface area contributed by atoms with Gasteiger partial charge in [-0.3, -0.25) is 4.79 Å². The van der Waals surface area contributed by atoms with E-state index < -0.39 is 0 Å². The molecule has 1 aliphatic rings. The number of piperidine rings is 1. The lowest BCUT2D eigenvalue weighted by Crippen LogP contribution is -2.29. The molecule has 150 valence electrons. The standard InChI is InChI=1S/C23H27N5O/c29-23(22-17-28(27-26-22)21-13-15-24-16-14-21)25-20-11-9-19(10-12-20)8-4-7-18-5-2-1-3-6-18/h1-3,5-6,9-12,17,21,24H,4,7-8,13-16H2,(H,25,29). The third kappa shape index (κ3) is 5.29. The van der Waals surface area contributed by atoms with Gasteiger partial charge < -0.3 is 10.6 Å². The first kappa shape index (κ1) is 19.3. The Bertz CT molecular complexity index is 914. The van der Waals surface area contributed by atoms with Gasteiger partial charge in [0, 0.05) is 5.69 Å². The molecule has 0 unspecified atom stereocenters. The van der Waals surface area contributed by atoms with Crippen LogP contribution < -0.4 is 10.6 Å². The normalized spacial score (nSPS) is 14.6. The molecule has 0 bridgehead atoms. The molecule has 3 aromatic rings. The highest BCUT2D eigenvalue weighted by atomic mass is 16.2. The number of nitrogens with one attached hydrogen (secondary N) is 2. The van der Waals surface area contributed by atoms with E-state index in [9.17, 15) is 4.79 Å². The van der Waals surface area contributed by atoms with Gasteiger partial charge in [0.05, 0.1) is 12.2 Å². The number of aryl methyl sites for hydroxylation is 2. The minimum atomic E-state index is -0.220. The third-order valence-electron chi connectivity index (χ3n) is 5.41. The zero-order valence-corrected chi connectivity index (χ0v) is 16.6. The zero-order chi connectivity index (χ0) is 19.9. The van der Waals surface area contributed by atoms with Crippen molar-refractivity contribution in [1.82, 2.24) is 20.3 Å². The van der Waals surface area contributed by atoms with Crippen molar-refractivity contribution in [2.24, 2.45) is 0 Å². The molecule has 6 nitrogen and oxygen atoms in total. The Kier molecular flexibility index (Phi) is 6.32. The summed E-state index contributed by atoms with van der Waals surface area (Å²) in [6.07, 6.45) is 6.98. The summed E-state index contributed by atoms with van der Waals surface area (Å²) in [5.74, 6) is -0.220. The quantitative estimate of drug-likeness (QED) is 0.647. The number of carbonyl (C=O) groups excluding carboxylic acids is 1. The first-order valence-electron chi connectivity index (χ1n) is 10.3. The Hall–Kier alpha value is -2.99. The van der Waals surface area contributed by atoms with E-state index >= 15 is 0 Å². The second kappa shape index (κ2) is 9.47. The third-order valence-corrected chi connectivity index (χ3v) is 5.41. The van der Waals surface area contributed by atoms with Crippen molar-refractivity contribution in [3.8, 4) is 0 Å². The van der Waals surface area contributed by atoms with Gasteiger partial charge in [-0.1, -0.05) is 47.7 Å². The minimum absolute atomic E-state index is 0.220. The van der Waals surface area contributed by atoms with Crippen molar-refractivity contribution in [2.45, 2.75) is 38.1 Å². The summed E-state index contributed by atoms with van der Waals surface area (Å²) < 4.78 is 1.82. The number of anilines is 1. The maximum Gasteiger partial charge on any atom is 0.277 e. The van der Waals surface area contributed by atoms with Gasteiger partial charge in [-0.25, -0.2) is 4.68 Å². The van der Waals surface area contributed by atoms with Crippen LogP contribution in [0.2, 0.25) is 0 Å². The Morgan fingerprint density at radius 2 is 1.69 bits per heavy atom. The highest BCUT2D eigenvalue weighted by molar-refractivity contribution is 6.02. The fourth-order valence-electron chi connectivity index (χ4n) is 3.72. The van der Waals surface area contributed by atoms with Crippen LogP contribution in [0.15, 0.2) is 60.8 Å². The maximum atomic E-state index is 12.5. The lowest BCUT2D eigenvalue weighted by Gasteiger charge is -2.22. The van der Waals surface area contributed by atoms with Gasteiger partial charge in [0.15, 0.2) is 5.69 Å². The molecule has 6 heteroatoms. The SMILES string of the molecule is O=C(Nc1ccc(CCCc2ccccc2)cc1)c1cn(C2CCNCC2)nn1. The predicted octanol–water partition coefficient (Wildman–Crippen LogP) is 3.63. The van der Waals surface area contributed by atoms with Gasteiger partial charge in [-0.05, 0) is 68.5 Å². The molecule has 0 spiro atoms. The van der Waals surface area contributed by atoms with Crippen LogP contribution in [0.1, 0.15) is 46.9 Å². The molecule has 2 N–H and O–H groups in total. The summed E-state index contributed by atoms with van der Waals surface area (Å²) in [4.78, 5) is 12.5. The summed E-state index contributed by atoms with van der Waals surface area (Å²) in [6, 6.07) is 18.9. The molecular formula is C23H27N5O. The molecule has 0 aliphatic carbocycles. The van der Waals surface area contributed by atoms with E-state index in [0.717, 1.165) is 50.9 Å². The molecule has 29 heavy (non-hydrogen) atoms. The fourth-order valence-corrected chi connectivity index (χ4v) is 3.72. The molecule has 1 fully saturated rings. The summed E-state index contributed by atoms with van der Waals surface area (Å²) in [6.45, 7) is 1.95. The molecular weight excluding hydrogens is 362 g/mol. The van der Waals surface area contributed by atoms with Crippen molar-refractivity contribution in [3.05, 3.63) is 77.6 Å². The average Bonchev–Trinajstić information content (AvgIpc) is 3.27. The van der Waals surface area contributed by atoms with Crippen molar-refractivity contribution >= 4 is 11.6 Å². The Balaban J connectivity index is 1.28. The van der Waals surface area contributed by atoms with Crippen molar-refractivity contribution < 1.29 is 4.79 Å². The van der Waals surface area contributed by atoms with Crippen LogP contribution in [0.5, 0.6) is 0 Å². The van der Waals surface area contributed by atoms with Gasteiger partial charge in [0.1, 0.15) is 0 Å². The lowest BCUT2D eigenvalue weighted by molar-refractivity contribution is 0.102. The van der Waals surface area contributed by atoms with Crippen LogP contribution in [0.3, 0.4) is 0 Å². The molecule has 2 heterocycles. The molecule has 4 rings (SSSR count). The van der Waals surface area contributed by atoms with E-state index in [-0.39, 0.29) is 5.91 Å².